The Morgan fingerprint density at radius 1 is 1.20 bits per heavy atom. The van der Waals surface area contributed by atoms with Gasteiger partial charge in [0.2, 0.25) is 0 Å². The van der Waals surface area contributed by atoms with E-state index in [4.69, 9.17) is 19.8 Å². The molecule has 0 amide bonds. The van der Waals surface area contributed by atoms with Crippen LogP contribution in [-0.2, 0) is 9.47 Å². The van der Waals surface area contributed by atoms with E-state index in [0.717, 1.165) is 31.4 Å². The summed E-state index contributed by atoms with van der Waals surface area (Å²) in [5.41, 5.74) is 0.867. The van der Waals surface area contributed by atoms with Crippen LogP contribution in [0.1, 0.15) is 25.7 Å². The Morgan fingerprint density at radius 3 is 2.53 bits per heavy atom. The van der Waals surface area contributed by atoms with Gasteiger partial charge in [-0.3, -0.25) is 0 Å². The monoisotopic (exact) mass is 217 g/mol. The van der Waals surface area contributed by atoms with Gasteiger partial charge in [-0.15, -0.1) is 0 Å². The molecule has 2 N–H and O–H groups in total. The third-order valence-corrected chi connectivity index (χ3v) is 2.47. The van der Waals surface area contributed by atoms with Crippen LogP contribution < -0.4 is 0 Å². The zero-order valence-corrected chi connectivity index (χ0v) is 8.89. The molecule has 0 heterocycles. The Hall–Kier alpha value is -0.650. The van der Waals surface area contributed by atoms with Crippen LogP contribution in [0.4, 0.5) is 0 Å². The number of ether oxygens (including phenoxy) is 2. The first kappa shape index (κ1) is 12.4. The molecule has 1 rings (SSSR count). The summed E-state index contributed by atoms with van der Waals surface area (Å²) in [4.78, 5) is 0. The molecular formula is C10H19NO4. The summed E-state index contributed by atoms with van der Waals surface area (Å²) < 4.78 is 10.7. The van der Waals surface area contributed by atoms with Crippen LogP contribution in [0.3, 0.4) is 0 Å². The molecule has 1 aliphatic rings. The molecule has 0 unspecified atom stereocenters. The summed E-state index contributed by atoms with van der Waals surface area (Å²) in [7, 11) is 0. The molecule has 0 aromatic heterocycles. The van der Waals surface area contributed by atoms with Gasteiger partial charge in [-0.1, -0.05) is 5.16 Å². The third kappa shape index (κ3) is 5.11. The van der Waals surface area contributed by atoms with Crippen molar-refractivity contribution in [2.75, 3.05) is 26.4 Å². The molecule has 0 aromatic carbocycles. The molecule has 1 aliphatic carbocycles. The van der Waals surface area contributed by atoms with Crippen LogP contribution in [-0.4, -0.2) is 48.6 Å². The van der Waals surface area contributed by atoms with E-state index in [2.05, 4.69) is 5.16 Å². The standard InChI is InChI=1S/C10H19NO4/c12-5-6-14-7-8-15-10-3-1-9(11-13)2-4-10/h10,12-13H,1-8H2. The van der Waals surface area contributed by atoms with Gasteiger partial charge in [-0.25, -0.2) is 0 Å². The van der Waals surface area contributed by atoms with Gasteiger partial charge in [0.05, 0.1) is 38.2 Å². The number of nitrogens with zero attached hydrogens (tertiary/aromatic N) is 1. The fourth-order valence-corrected chi connectivity index (χ4v) is 1.63. The normalized spacial score (nSPS) is 21.7. The van der Waals surface area contributed by atoms with Gasteiger partial charge < -0.3 is 19.8 Å². The number of oxime groups is 1. The Kier molecular flexibility index (Phi) is 6.31. The summed E-state index contributed by atoms with van der Waals surface area (Å²) >= 11 is 0. The fraction of sp³-hybridized carbons (Fsp3) is 0.900. The minimum absolute atomic E-state index is 0.0553. The maximum Gasteiger partial charge on any atom is 0.0704 e. The van der Waals surface area contributed by atoms with Crippen LogP contribution in [0.5, 0.6) is 0 Å². The molecule has 0 aliphatic heterocycles. The van der Waals surface area contributed by atoms with Crippen molar-refractivity contribution in [2.45, 2.75) is 31.8 Å². The predicted molar refractivity (Wildman–Crippen MR) is 55.3 cm³/mol. The maximum atomic E-state index is 8.55. The maximum absolute atomic E-state index is 8.55. The van der Waals surface area contributed by atoms with Crippen LogP contribution in [0.2, 0.25) is 0 Å². The topological polar surface area (TPSA) is 71.3 Å². The van der Waals surface area contributed by atoms with Gasteiger partial charge in [0.15, 0.2) is 0 Å². The summed E-state index contributed by atoms with van der Waals surface area (Å²) in [5, 5.41) is 20.2. The highest BCUT2D eigenvalue weighted by Crippen LogP contribution is 2.18. The van der Waals surface area contributed by atoms with Crippen molar-refractivity contribution in [2.24, 2.45) is 5.16 Å². The average molecular weight is 217 g/mol. The van der Waals surface area contributed by atoms with Gasteiger partial charge in [-0.2, -0.15) is 0 Å². The highest BCUT2D eigenvalue weighted by molar-refractivity contribution is 5.84. The first-order valence-corrected chi connectivity index (χ1v) is 5.37. The van der Waals surface area contributed by atoms with E-state index < -0.39 is 0 Å². The minimum atomic E-state index is 0.0553. The van der Waals surface area contributed by atoms with Gasteiger partial charge in [-0.05, 0) is 25.7 Å². The van der Waals surface area contributed by atoms with Gasteiger partial charge >= 0.3 is 0 Å². The SMILES string of the molecule is OCCOCCOC1CCC(=NO)CC1. The lowest BCUT2D eigenvalue weighted by atomic mass is 9.96. The van der Waals surface area contributed by atoms with Crippen molar-refractivity contribution in [3.8, 4) is 0 Å². The van der Waals surface area contributed by atoms with Crippen molar-refractivity contribution in [3.05, 3.63) is 0 Å². The molecule has 1 fully saturated rings. The van der Waals surface area contributed by atoms with Crippen LogP contribution in [0.15, 0.2) is 5.16 Å². The number of hydrogen-bond acceptors (Lipinski definition) is 5. The number of hydrogen-bond donors (Lipinski definition) is 2. The Labute approximate surface area is 89.7 Å². The van der Waals surface area contributed by atoms with E-state index in [9.17, 15) is 0 Å². The van der Waals surface area contributed by atoms with Crippen LogP contribution >= 0.6 is 0 Å². The first-order valence-electron chi connectivity index (χ1n) is 5.37. The second kappa shape index (κ2) is 7.62. The van der Waals surface area contributed by atoms with Crippen molar-refractivity contribution >= 4 is 5.71 Å². The summed E-state index contributed by atoms with van der Waals surface area (Å²) in [5.74, 6) is 0. The molecule has 0 atom stereocenters. The molecule has 0 bridgehead atoms. The van der Waals surface area contributed by atoms with Crippen molar-refractivity contribution in [1.82, 2.24) is 0 Å². The average Bonchev–Trinajstić information content (AvgIpc) is 2.30. The molecule has 0 aromatic rings. The zero-order valence-electron chi connectivity index (χ0n) is 8.89. The van der Waals surface area contributed by atoms with Gasteiger partial charge in [0.1, 0.15) is 0 Å². The lowest BCUT2D eigenvalue weighted by Gasteiger charge is -2.22. The molecular weight excluding hydrogens is 198 g/mol. The van der Waals surface area contributed by atoms with E-state index in [-0.39, 0.29) is 12.7 Å². The Morgan fingerprint density at radius 2 is 1.93 bits per heavy atom. The smallest absolute Gasteiger partial charge is 0.0704 e. The van der Waals surface area contributed by atoms with E-state index in [1.165, 1.54) is 0 Å². The number of aliphatic hydroxyl groups excluding tert-OH is 1. The second-order valence-electron chi connectivity index (χ2n) is 3.57. The third-order valence-electron chi connectivity index (χ3n) is 2.47. The van der Waals surface area contributed by atoms with Gasteiger partial charge in [0, 0.05) is 0 Å². The van der Waals surface area contributed by atoms with E-state index in [0.29, 0.717) is 19.8 Å². The molecule has 1 saturated carbocycles. The lowest BCUT2D eigenvalue weighted by molar-refractivity contribution is -0.00923. The van der Waals surface area contributed by atoms with Crippen molar-refractivity contribution < 1.29 is 19.8 Å². The fourth-order valence-electron chi connectivity index (χ4n) is 1.63. The lowest BCUT2D eigenvalue weighted by Crippen LogP contribution is -2.23. The first-order chi connectivity index (χ1) is 7.36. The molecule has 5 heteroatoms. The second-order valence-corrected chi connectivity index (χ2v) is 3.57. The van der Waals surface area contributed by atoms with Crippen molar-refractivity contribution in [1.29, 1.82) is 0 Å². The highest BCUT2D eigenvalue weighted by atomic mass is 16.5. The molecule has 88 valence electrons. The predicted octanol–water partition coefficient (Wildman–Crippen LogP) is 0.785. The summed E-state index contributed by atoms with van der Waals surface area (Å²) in [6.07, 6.45) is 3.73. The quantitative estimate of drug-likeness (QED) is 0.392. The zero-order chi connectivity index (χ0) is 10.9. The van der Waals surface area contributed by atoms with Crippen LogP contribution in [0.25, 0.3) is 0 Å². The van der Waals surface area contributed by atoms with Gasteiger partial charge in [0.25, 0.3) is 0 Å². The molecule has 0 radical (unpaired) electrons. The molecule has 0 spiro atoms. The largest absolute Gasteiger partial charge is 0.411 e. The molecule has 0 saturated heterocycles. The number of rotatable bonds is 6. The Balaban J connectivity index is 1.99. The highest BCUT2D eigenvalue weighted by Gasteiger charge is 2.17. The van der Waals surface area contributed by atoms with E-state index in [1.807, 2.05) is 0 Å². The summed E-state index contributed by atoms with van der Waals surface area (Å²) in [6, 6.07) is 0. The van der Waals surface area contributed by atoms with Crippen molar-refractivity contribution in [3.63, 3.8) is 0 Å². The number of aliphatic hydroxyl groups is 1. The van der Waals surface area contributed by atoms with E-state index in [1.54, 1.807) is 0 Å². The Bertz CT molecular complexity index is 186. The molecule has 15 heavy (non-hydrogen) atoms. The van der Waals surface area contributed by atoms with Crippen LogP contribution in [0, 0.1) is 0 Å². The molecule has 5 nitrogen and oxygen atoms in total. The van der Waals surface area contributed by atoms with E-state index >= 15 is 0 Å². The summed E-state index contributed by atoms with van der Waals surface area (Å²) in [6.45, 7) is 1.52. The minimum Gasteiger partial charge on any atom is -0.411 e.